The summed E-state index contributed by atoms with van der Waals surface area (Å²) in [5.41, 5.74) is -0.181. The monoisotopic (exact) mass is 244 g/mol. The maximum Gasteiger partial charge on any atom is 0.0700 e. The molecule has 0 aliphatic carbocycles. The average Bonchev–Trinajstić information content (AvgIpc) is 2.38. The first-order chi connectivity index (χ1) is 8.04. The van der Waals surface area contributed by atoms with Crippen LogP contribution in [0.1, 0.15) is 33.6 Å². The van der Waals surface area contributed by atoms with E-state index in [0.717, 1.165) is 32.5 Å². The van der Waals surface area contributed by atoms with Gasteiger partial charge in [0.2, 0.25) is 0 Å². The van der Waals surface area contributed by atoms with Gasteiger partial charge in [-0.2, -0.15) is 0 Å². The van der Waals surface area contributed by atoms with Gasteiger partial charge in [-0.25, -0.2) is 0 Å². The summed E-state index contributed by atoms with van der Waals surface area (Å²) in [6.45, 7) is 9.51. The Balaban J connectivity index is 2.48. The molecule has 4 nitrogen and oxygen atoms in total. The molecule has 1 fully saturated rings. The molecular formula is C13H28N2O2. The number of aliphatic hydroxyl groups is 1. The lowest BCUT2D eigenvalue weighted by atomic mass is 9.93. The van der Waals surface area contributed by atoms with Gasteiger partial charge in [-0.3, -0.25) is 4.90 Å². The molecule has 0 saturated carbocycles. The summed E-state index contributed by atoms with van der Waals surface area (Å²) in [5.74, 6) is 0. The number of hydrogen-bond donors (Lipinski definition) is 2. The number of hydrogen-bond acceptors (Lipinski definition) is 4. The van der Waals surface area contributed by atoms with Crippen LogP contribution in [0.2, 0.25) is 0 Å². The summed E-state index contributed by atoms with van der Waals surface area (Å²) in [4.78, 5) is 2.48. The number of nitrogens with one attached hydrogen (secondary N) is 1. The van der Waals surface area contributed by atoms with Gasteiger partial charge in [-0.1, -0.05) is 6.92 Å². The molecule has 3 atom stereocenters. The number of morpholine rings is 1. The highest BCUT2D eigenvalue weighted by molar-refractivity contribution is 4.87. The fourth-order valence-corrected chi connectivity index (χ4v) is 2.42. The number of likely N-dealkylation sites (N-methyl/N-ethyl adjacent to an activating group) is 1. The van der Waals surface area contributed by atoms with Gasteiger partial charge >= 0.3 is 0 Å². The first-order valence-corrected chi connectivity index (χ1v) is 6.70. The van der Waals surface area contributed by atoms with E-state index in [1.807, 2.05) is 7.05 Å². The van der Waals surface area contributed by atoms with Crippen LogP contribution >= 0.6 is 0 Å². The summed E-state index contributed by atoms with van der Waals surface area (Å²) in [7, 11) is 1.91. The molecule has 0 spiro atoms. The summed E-state index contributed by atoms with van der Waals surface area (Å²) in [5, 5.41) is 12.6. The predicted molar refractivity (Wildman–Crippen MR) is 70.2 cm³/mol. The molecule has 1 saturated heterocycles. The second-order valence-corrected chi connectivity index (χ2v) is 5.42. The van der Waals surface area contributed by atoms with Gasteiger partial charge in [0.25, 0.3) is 0 Å². The van der Waals surface area contributed by atoms with E-state index in [1.54, 1.807) is 0 Å². The molecular weight excluding hydrogens is 216 g/mol. The minimum Gasteiger partial charge on any atom is -0.394 e. The SMILES string of the molecule is CCC1CN(C(C)CC(C)(CO)NC)CCO1. The van der Waals surface area contributed by atoms with Crippen LogP contribution in [0, 0.1) is 0 Å². The van der Waals surface area contributed by atoms with Gasteiger partial charge < -0.3 is 15.2 Å². The molecule has 1 aliphatic heterocycles. The molecule has 102 valence electrons. The van der Waals surface area contributed by atoms with Crippen molar-refractivity contribution in [2.75, 3.05) is 33.4 Å². The van der Waals surface area contributed by atoms with E-state index in [2.05, 4.69) is 31.0 Å². The topological polar surface area (TPSA) is 44.7 Å². The van der Waals surface area contributed by atoms with Crippen molar-refractivity contribution in [3.8, 4) is 0 Å². The lowest BCUT2D eigenvalue weighted by Crippen LogP contribution is -2.52. The lowest BCUT2D eigenvalue weighted by Gasteiger charge is -2.40. The van der Waals surface area contributed by atoms with Gasteiger partial charge in [-0.05, 0) is 33.7 Å². The number of aliphatic hydroxyl groups excluding tert-OH is 1. The Labute approximate surface area is 105 Å². The van der Waals surface area contributed by atoms with Crippen molar-refractivity contribution in [3.05, 3.63) is 0 Å². The quantitative estimate of drug-likeness (QED) is 0.727. The Morgan fingerprint density at radius 1 is 1.59 bits per heavy atom. The Morgan fingerprint density at radius 3 is 2.82 bits per heavy atom. The normalized spacial score (nSPS) is 27.7. The van der Waals surface area contributed by atoms with E-state index < -0.39 is 0 Å². The number of nitrogens with zero attached hydrogens (tertiary/aromatic N) is 1. The lowest BCUT2D eigenvalue weighted by molar-refractivity contribution is -0.0470. The maximum atomic E-state index is 9.42. The van der Waals surface area contributed by atoms with Gasteiger partial charge in [0.1, 0.15) is 0 Å². The zero-order valence-electron chi connectivity index (χ0n) is 11.7. The molecule has 1 heterocycles. The predicted octanol–water partition coefficient (Wildman–Crippen LogP) is 0.846. The van der Waals surface area contributed by atoms with Crippen LogP contribution in [0.3, 0.4) is 0 Å². The third-order valence-corrected chi connectivity index (χ3v) is 3.95. The zero-order chi connectivity index (χ0) is 12.9. The first-order valence-electron chi connectivity index (χ1n) is 6.70. The number of rotatable bonds is 6. The number of ether oxygens (including phenoxy) is 1. The van der Waals surface area contributed by atoms with Crippen molar-refractivity contribution in [3.63, 3.8) is 0 Å². The molecule has 4 heteroatoms. The molecule has 0 amide bonds. The van der Waals surface area contributed by atoms with Crippen LogP contribution in [0.15, 0.2) is 0 Å². The highest BCUT2D eigenvalue weighted by atomic mass is 16.5. The largest absolute Gasteiger partial charge is 0.394 e. The summed E-state index contributed by atoms with van der Waals surface area (Å²) in [6.07, 6.45) is 2.41. The van der Waals surface area contributed by atoms with E-state index in [0.29, 0.717) is 12.1 Å². The van der Waals surface area contributed by atoms with Crippen LogP contribution < -0.4 is 5.32 Å². The van der Waals surface area contributed by atoms with E-state index >= 15 is 0 Å². The third-order valence-electron chi connectivity index (χ3n) is 3.95. The standard InChI is InChI=1S/C13H28N2O2/c1-5-12-9-15(6-7-17-12)11(2)8-13(3,10-16)14-4/h11-12,14,16H,5-10H2,1-4H3. The van der Waals surface area contributed by atoms with Crippen LogP contribution in [0.4, 0.5) is 0 Å². The zero-order valence-corrected chi connectivity index (χ0v) is 11.7. The van der Waals surface area contributed by atoms with Crippen LogP contribution in [0.5, 0.6) is 0 Å². The first kappa shape index (κ1) is 14.9. The smallest absolute Gasteiger partial charge is 0.0700 e. The molecule has 0 aromatic heterocycles. The van der Waals surface area contributed by atoms with E-state index in [-0.39, 0.29) is 12.1 Å². The molecule has 1 aliphatic rings. The van der Waals surface area contributed by atoms with Crippen molar-refractivity contribution in [2.45, 2.75) is 51.3 Å². The summed E-state index contributed by atoms with van der Waals surface area (Å²) in [6, 6.07) is 0.470. The molecule has 2 N–H and O–H groups in total. The molecule has 0 aromatic carbocycles. The maximum absolute atomic E-state index is 9.42. The highest BCUT2D eigenvalue weighted by Crippen LogP contribution is 2.18. The van der Waals surface area contributed by atoms with E-state index in [1.165, 1.54) is 0 Å². The van der Waals surface area contributed by atoms with Crippen molar-refractivity contribution in [1.29, 1.82) is 0 Å². The molecule has 0 aromatic rings. The minimum atomic E-state index is -0.181. The van der Waals surface area contributed by atoms with Gasteiger partial charge in [0, 0.05) is 24.7 Å². The van der Waals surface area contributed by atoms with Gasteiger partial charge in [0.05, 0.1) is 19.3 Å². The van der Waals surface area contributed by atoms with Crippen LogP contribution in [0.25, 0.3) is 0 Å². The van der Waals surface area contributed by atoms with Gasteiger partial charge in [0.15, 0.2) is 0 Å². The molecule has 0 radical (unpaired) electrons. The van der Waals surface area contributed by atoms with Crippen molar-refractivity contribution in [1.82, 2.24) is 10.2 Å². The van der Waals surface area contributed by atoms with E-state index in [9.17, 15) is 5.11 Å². The molecule has 17 heavy (non-hydrogen) atoms. The van der Waals surface area contributed by atoms with Crippen molar-refractivity contribution < 1.29 is 9.84 Å². The van der Waals surface area contributed by atoms with E-state index in [4.69, 9.17) is 4.74 Å². The fraction of sp³-hybridized carbons (Fsp3) is 1.00. The van der Waals surface area contributed by atoms with Crippen molar-refractivity contribution >= 4 is 0 Å². The minimum absolute atomic E-state index is 0.176. The van der Waals surface area contributed by atoms with Crippen molar-refractivity contribution in [2.24, 2.45) is 0 Å². The summed E-state index contributed by atoms with van der Waals surface area (Å²) < 4.78 is 5.68. The Hall–Kier alpha value is -0.160. The van der Waals surface area contributed by atoms with Crippen LogP contribution in [-0.4, -0.2) is 61.0 Å². The van der Waals surface area contributed by atoms with Crippen LogP contribution in [-0.2, 0) is 4.74 Å². The fourth-order valence-electron chi connectivity index (χ4n) is 2.42. The van der Waals surface area contributed by atoms with Gasteiger partial charge in [-0.15, -0.1) is 0 Å². The Kier molecular flexibility index (Phi) is 5.86. The Morgan fingerprint density at radius 2 is 2.29 bits per heavy atom. The Bertz CT molecular complexity index is 219. The average molecular weight is 244 g/mol. The summed E-state index contributed by atoms with van der Waals surface area (Å²) >= 11 is 0. The second-order valence-electron chi connectivity index (χ2n) is 5.42. The second kappa shape index (κ2) is 6.69. The molecule has 3 unspecified atom stereocenters. The third kappa shape index (κ3) is 4.21. The molecule has 1 rings (SSSR count). The molecule has 0 bridgehead atoms. The highest BCUT2D eigenvalue weighted by Gasteiger charge is 2.29.